The van der Waals surface area contributed by atoms with E-state index in [0.29, 0.717) is 25.0 Å². The number of nitrogens with zero attached hydrogens (tertiary/aromatic N) is 1. The molecule has 2 fully saturated rings. The number of hydrogen-bond donors (Lipinski definition) is 6. The fourth-order valence-corrected chi connectivity index (χ4v) is 7.03. The Bertz CT molecular complexity index is 1370. The van der Waals surface area contributed by atoms with Crippen molar-refractivity contribution >= 4 is 41.3 Å². The molecule has 45 heavy (non-hydrogen) atoms. The number of phenolic OH excluding ortho intramolecular Hbond substituents is 1. The van der Waals surface area contributed by atoms with Crippen LogP contribution in [0.4, 0.5) is 0 Å². The topological polar surface area (TPSA) is 197 Å². The monoisotopic (exact) mass is 638 g/mol. The van der Waals surface area contributed by atoms with Crippen LogP contribution in [0, 0.1) is 5.92 Å². The third kappa shape index (κ3) is 8.98. The molecule has 0 bridgehead atoms. The average Bonchev–Trinajstić information content (AvgIpc) is 3.44. The number of rotatable bonds is 13. The lowest BCUT2D eigenvalue weighted by molar-refractivity contribution is -0.145. The third-order valence-corrected chi connectivity index (χ3v) is 9.33. The Balaban J connectivity index is 1.43. The molecule has 12 nitrogen and oxygen atoms in total. The van der Waals surface area contributed by atoms with Crippen molar-refractivity contribution < 1.29 is 29.1 Å². The summed E-state index contributed by atoms with van der Waals surface area (Å²) in [5.41, 5.74) is 13.2. The van der Waals surface area contributed by atoms with Gasteiger partial charge in [0.2, 0.25) is 29.5 Å². The van der Waals surface area contributed by atoms with Gasteiger partial charge in [-0.1, -0.05) is 56.3 Å². The number of benzene rings is 2. The van der Waals surface area contributed by atoms with Crippen LogP contribution in [0.1, 0.15) is 44.2 Å². The molecule has 2 heterocycles. The predicted molar refractivity (Wildman–Crippen MR) is 170 cm³/mol. The van der Waals surface area contributed by atoms with Gasteiger partial charge in [0.1, 0.15) is 29.9 Å². The van der Waals surface area contributed by atoms with Gasteiger partial charge in [0, 0.05) is 12.2 Å². The number of fused-ring (bicyclic) bond motifs is 1. The van der Waals surface area contributed by atoms with E-state index in [4.69, 9.17) is 11.5 Å². The highest BCUT2D eigenvalue weighted by molar-refractivity contribution is 8.00. The quantitative estimate of drug-likeness (QED) is 0.183. The maximum Gasteiger partial charge on any atom is 0.246 e. The highest BCUT2D eigenvalue weighted by Gasteiger charge is 2.47. The Morgan fingerprint density at radius 3 is 2.24 bits per heavy atom. The van der Waals surface area contributed by atoms with Crippen molar-refractivity contribution in [1.82, 2.24) is 20.9 Å². The number of phenols is 1. The first-order valence-corrected chi connectivity index (χ1v) is 16.2. The maximum absolute atomic E-state index is 13.7. The van der Waals surface area contributed by atoms with Gasteiger partial charge in [0.25, 0.3) is 0 Å². The lowest BCUT2D eigenvalue weighted by Crippen LogP contribution is -2.62. The molecule has 2 saturated heterocycles. The Morgan fingerprint density at radius 2 is 1.60 bits per heavy atom. The van der Waals surface area contributed by atoms with E-state index in [0.717, 1.165) is 11.1 Å². The first kappa shape index (κ1) is 33.8. The number of amides is 5. The number of nitrogens with two attached hydrogens (primary N) is 2. The zero-order chi connectivity index (χ0) is 32.7. The van der Waals surface area contributed by atoms with Gasteiger partial charge in [-0.15, -0.1) is 11.8 Å². The standard InChI is InChI=1S/C32H42N6O6S/c1-18(2)14-24(28(34)40)36-30(42)25(16-19-6-4-3-5-7-19)37-31(43)26-17-45-27-13-12-23(32(44)38(26)27)35-29(41)22(33)15-20-8-10-21(39)11-9-20/h3-11,18,22-27,39H,12-17,33H2,1-2H3,(H2,34,40)(H,35,41)(H,36,42)(H,37,43)/t22-,23-,24-,25-,26-,27-/m0/s1. The minimum Gasteiger partial charge on any atom is -0.508 e. The molecule has 242 valence electrons. The Hall–Kier alpha value is -4.10. The van der Waals surface area contributed by atoms with E-state index < -0.39 is 53.8 Å². The predicted octanol–water partition coefficient (Wildman–Crippen LogP) is 0.554. The molecule has 2 aliphatic rings. The van der Waals surface area contributed by atoms with Crippen molar-refractivity contribution in [2.45, 2.75) is 81.5 Å². The minimum absolute atomic E-state index is 0.0957. The second-order valence-corrected chi connectivity index (χ2v) is 13.2. The zero-order valence-corrected chi connectivity index (χ0v) is 26.3. The van der Waals surface area contributed by atoms with Crippen LogP contribution in [0.25, 0.3) is 0 Å². The first-order valence-electron chi connectivity index (χ1n) is 15.1. The summed E-state index contributed by atoms with van der Waals surface area (Å²) in [6.07, 6.45) is 1.71. The minimum atomic E-state index is -1.02. The lowest BCUT2D eigenvalue weighted by atomic mass is 10.00. The van der Waals surface area contributed by atoms with Crippen LogP contribution in [0.5, 0.6) is 5.75 Å². The van der Waals surface area contributed by atoms with E-state index in [1.165, 1.54) is 28.8 Å². The number of thioether (sulfide) groups is 1. The molecule has 2 aromatic rings. The number of primary amides is 1. The summed E-state index contributed by atoms with van der Waals surface area (Å²) in [5, 5.41) is 17.5. The molecular formula is C32H42N6O6S. The van der Waals surface area contributed by atoms with Gasteiger partial charge >= 0.3 is 0 Å². The molecule has 0 aliphatic carbocycles. The highest BCUT2D eigenvalue weighted by atomic mass is 32.2. The van der Waals surface area contributed by atoms with E-state index in [-0.39, 0.29) is 35.8 Å². The summed E-state index contributed by atoms with van der Waals surface area (Å²) in [4.78, 5) is 67.2. The molecule has 0 unspecified atom stereocenters. The van der Waals surface area contributed by atoms with E-state index in [1.54, 1.807) is 12.1 Å². The van der Waals surface area contributed by atoms with Crippen LogP contribution in [0.3, 0.4) is 0 Å². The van der Waals surface area contributed by atoms with Crippen molar-refractivity contribution in [1.29, 1.82) is 0 Å². The van der Waals surface area contributed by atoms with Crippen LogP contribution < -0.4 is 27.4 Å². The molecule has 0 saturated carbocycles. The van der Waals surface area contributed by atoms with E-state index in [2.05, 4.69) is 16.0 Å². The summed E-state index contributed by atoms with van der Waals surface area (Å²) in [7, 11) is 0. The fourth-order valence-electron chi connectivity index (χ4n) is 5.60. The Kier molecular flexibility index (Phi) is 11.5. The summed E-state index contributed by atoms with van der Waals surface area (Å²) in [5.74, 6) is -2.03. The SMILES string of the molecule is CC(C)C[C@H](NC(=O)[C@H](Cc1ccccc1)NC(=O)[C@@H]1CS[C@H]2CC[C@H](NC(=O)[C@@H](N)Cc3ccc(O)cc3)C(=O)N21)C(N)=O. The molecule has 2 aromatic carbocycles. The van der Waals surface area contributed by atoms with Crippen LogP contribution >= 0.6 is 11.8 Å². The number of hydrogen-bond acceptors (Lipinski definition) is 8. The van der Waals surface area contributed by atoms with Gasteiger partial charge in [0.05, 0.1) is 11.4 Å². The van der Waals surface area contributed by atoms with Gasteiger partial charge in [-0.2, -0.15) is 0 Å². The molecule has 5 amide bonds. The van der Waals surface area contributed by atoms with Crippen molar-refractivity contribution in [3.05, 3.63) is 65.7 Å². The molecule has 0 spiro atoms. The fraction of sp³-hybridized carbons (Fsp3) is 0.469. The maximum atomic E-state index is 13.7. The van der Waals surface area contributed by atoms with Crippen LogP contribution in [0.15, 0.2) is 54.6 Å². The molecule has 4 rings (SSSR count). The van der Waals surface area contributed by atoms with Gasteiger partial charge < -0.3 is 37.4 Å². The Labute approximate surface area is 267 Å². The van der Waals surface area contributed by atoms with Crippen molar-refractivity contribution in [3.8, 4) is 5.75 Å². The Morgan fingerprint density at radius 1 is 0.933 bits per heavy atom. The third-order valence-electron chi connectivity index (χ3n) is 7.98. The molecular weight excluding hydrogens is 596 g/mol. The van der Waals surface area contributed by atoms with Crippen LogP contribution in [0.2, 0.25) is 0 Å². The van der Waals surface area contributed by atoms with E-state index in [1.807, 2.05) is 44.2 Å². The molecule has 6 atom stereocenters. The second kappa shape index (κ2) is 15.3. The van der Waals surface area contributed by atoms with Gasteiger partial charge in [-0.25, -0.2) is 0 Å². The van der Waals surface area contributed by atoms with Gasteiger partial charge in [0.15, 0.2) is 0 Å². The molecule has 2 aliphatic heterocycles. The van der Waals surface area contributed by atoms with Gasteiger partial charge in [-0.3, -0.25) is 24.0 Å². The molecule has 8 N–H and O–H groups in total. The van der Waals surface area contributed by atoms with Crippen molar-refractivity contribution in [2.24, 2.45) is 17.4 Å². The summed E-state index contributed by atoms with van der Waals surface area (Å²) < 4.78 is 0. The van der Waals surface area contributed by atoms with Gasteiger partial charge in [-0.05, 0) is 54.9 Å². The zero-order valence-electron chi connectivity index (χ0n) is 25.5. The number of carbonyl (C=O) groups is 5. The van der Waals surface area contributed by atoms with E-state index >= 15 is 0 Å². The second-order valence-electron chi connectivity index (χ2n) is 12.0. The summed E-state index contributed by atoms with van der Waals surface area (Å²) >= 11 is 1.48. The number of nitrogens with one attached hydrogen (secondary N) is 3. The molecule has 0 aromatic heterocycles. The largest absolute Gasteiger partial charge is 0.508 e. The number of carbonyl (C=O) groups excluding carboxylic acids is 5. The average molecular weight is 639 g/mol. The first-order chi connectivity index (χ1) is 21.4. The normalized spacial score (nSPS) is 21.4. The van der Waals surface area contributed by atoms with E-state index in [9.17, 15) is 29.1 Å². The number of aromatic hydroxyl groups is 1. The highest BCUT2D eigenvalue weighted by Crippen LogP contribution is 2.36. The van der Waals surface area contributed by atoms with Crippen LogP contribution in [-0.4, -0.2) is 80.9 Å². The summed E-state index contributed by atoms with van der Waals surface area (Å²) in [6.45, 7) is 3.82. The smallest absolute Gasteiger partial charge is 0.246 e. The molecule has 13 heteroatoms. The van der Waals surface area contributed by atoms with Crippen molar-refractivity contribution in [2.75, 3.05) is 5.75 Å². The number of piperidine rings is 1. The van der Waals surface area contributed by atoms with Crippen LogP contribution in [-0.2, 0) is 36.8 Å². The summed E-state index contributed by atoms with van der Waals surface area (Å²) in [6, 6.07) is 11.0. The molecule has 0 radical (unpaired) electrons. The van der Waals surface area contributed by atoms with Crippen molar-refractivity contribution in [3.63, 3.8) is 0 Å². The lowest BCUT2D eigenvalue weighted by Gasteiger charge is -2.37.